The summed E-state index contributed by atoms with van der Waals surface area (Å²) < 4.78 is 1.69. The third kappa shape index (κ3) is 2.77. The summed E-state index contributed by atoms with van der Waals surface area (Å²) in [7, 11) is 1.83. The SMILES string of the molecule is CCc1nn(C)cc1C(=O)Nc1ccc2c(c1)CCCN2. The number of nitrogens with one attached hydrogen (secondary N) is 2. The Hall–Kier alpha value is -2.30. The largest absolute Gasteiger partial charge is 0.385 e. The second kappa shape index (κ2) is 5.60. The summed E-state index contributed by atoms with van der Waals surface area (Å²) in [6.45, 7) is 3.03. The van der Waals surface area contributed by atoms with Crippen molar-refractivity contribution >= 4 is 17.3 Å². The summed E-state index contributed by atoms with van der Waals surface area (Å²) in [5.41, 5.74) is 4.76. The highest BCUT2D eigenvalue weighted by atomic mass is 16.1. The van der Waals surface area contributed by atoms with E-state index in [1.54, 1.807) is 10.9 Å². The van der Waals surface area contributed by atoms with E-state index >= 15 is 0 Å². The Labute approximate surface area is 124 Å². The number of carbonyl (C=O) groups is 1. The Balaban J connectivity index is 1.81. The van der Waals surface area contributed by atoms with Gasteiger partial charge in [-0.3, -0.25) is 9.48 Å². The van der Waals surface area contributed by atoms with Crippen molar-refractivity contribution in [2.45, 2.75) is 26.2 Å². The first-order chi connectivity index (χ1) is 10.2. The van der Waals surface area contributed by atoms with E-state index in [1.807, 2.05) is 26.1 Å². The van der Waals surface area contributed by atoms with Gasteiger partial charge in [-0.1, -0.05) is 6.92 Å². The van der Waals surface area contributed by atoms with Crippen LogP contribution in [0.15, 0.2) is 24.4 Å². The van der Waals surface area contributed by atoms with Crippen molar-refractivity contribution in [3.05, 3.63) is 41.2 Å². The fraction of sp³-hybridized carbons (Fsp3) is 0.375. The van der Waals surface area contributed by atoms with Gasteiger partial charge < -0.3 is 10.6 Å². The molecule has 1 amide bonds. The molecule has 0 radical (unpaired) electrons. The topological polar surface area (TPSA) is 59.0 Å². The van der Waals surface area contributed by atoms with Crippen LogP contribution in [-0.4, -0.2) is 22.2 Å². The van der Waals surface area contributed by atoms with Crippen molar-refractivity contribution in [2.24, 2.45) is 7.05 Å². The van der Waals surface area contributed by atoms with E-state index in [4.69, 9.17) is 0 Å². The molecule has 0 unspecified atom stereocenters. The van der Waals surface area contributed by atoms with Crippen molar-refractivity contribution < 1.29 is 4.79 Å². The van der Waals surface area contributed by atoms with E-state index in [9.17, 15) is 4.79 Å². The van der Waals surface area contributed by atoms with Crippen molar-refractivity contribution in [1.29, 1.82) is 0 Å². The van der Waals surface area contributed by atoms with Gasteiger partial charge in [0.1, 0.15) is 0 Å². The predicted molar refractivity (Wildman–Crippen MR) is 83.8 cm³/mol. The molecule has 0 atom stereocenters. The highest BCUT2D eigenvalue weighted by Crippen LogP contribution is 2.25. The van der Waals surface area contributed by atoms with Gasteiger partial charge in [0, 0.05) is 31.2 Å². The molecule has 2 N–H and O–H groups in total. The Bertz CT molecular complexity index is 675. The first-order valence-electron chi connectivity index (χ1n) is 7.38. The van der Waals surface area contributed by atoms with Crippen LogP contribution < -0.4 is 10.6 Å². The van der Waals surface area contributed by atoms with Crippen LogP contribution in [0.4, 0.5) is 11.4 Å². The standard InChI is InChI=1S/C16H20N4O/c1-3-14-13(10-20(2)19-14)16(21)18-12-6-7-15-11(9-12)5-4-8-17-15/h6-7,9-10,17H,3-5,8H2,1-2H3,(H,18,21). The fourth-order valence-corrected chi connectivity index (χ4v) is 2.74. The molecule has 0 aliphatic carbocycles. The van der Waals surface area contributed by atoms with Crippen LogP contribution in [0, 0.1) is 0 Å². The fourth-order valence-electron chi connectivity index (χ4n) is 2.74. The van der Waals surface area contributed by atoms with Crippen molar-refractivity contribution in [1.82, 2.24) is 9.78 Å². The van der Waals surface area contributed by atoms with E-state index in [-0.39, 0.29) is 5.91 Å². The molecular formula is C16H20N4O. The molecule has 21 heavy (non-hydrogen) atoms. The molecule has 0 saturated heterocycles. The van der Waals surface area contributed by atoms with E-state index in [0.717, 1.165) is 37.2 Å². The minimum Gasteiger partial charge on any atom is -0.385 e. The smallest absolute Gasteiger partial charge is 0.259 e. The zero-order valence-electron chi connectivity index (χ0n) is 12.4. The van der Waals surface area contributed by atoms with E-state index in [1.165, 1.54) is 11.3 Å². The minimum atomic E-state index is -0.0938. The summed E-state index contributed by atoms with van der Waals surface area (Å²) in [6, 6.07) is 6.03. The predicted octanol–water partition coefficient (Wildman–Crippen LogP) is 2.59. The van der Waals surface area contributed by atoms with Gasteiger partial charge in [-0.15, -0.1) is 0 Å². The Morgan fingerprint density at radius 2 is 2.33 bits per heavy atom. The van der Waals surface area contributed by atoms with E-state index < -0.39 is 0 Å². The van der Waals surface area contributed by atoms with Gasteiger partial charge >= 0.3 is 0 Å². The molecular weight excluding hydrogens is 264 g/mol. The van der Waals surface area contributed by atoms with Crippen molar-refractivity contribution in [2.75, 3.05) is 17.2 Å². The van der Waals surface area contributed by atoms with Gasteiger partial charge in [0.15, 0.2) is 0 Å². The lowest BCUT2D eigenvalue weighted by molar-refractivity contribution is 0.102. The number of anilines is 2. The third-order valence-electron chi connectivity index (χ3n) is 3.79. The second-order valence-corrected chi connectivity index (χ2v) is 5.37. The minimum absolute atomic E-state index is 0.0938. The molecule has 1 aliphatic rings. The van der Waals surface area contributed by atoms with Crippen LogP contribution in [0.1, 0.15) is 35.0 Å². The molecule has 1 aliphatic heterocycles. The average Bonchev–Trinajstić information content (AvgIpc) is 2.88. The Kier molecular flexibility index (Phi) is 3.64. The van der Waals surface area contributed by atoms with Gasteiger partial charge in [-0.2, -0.15) is 5.10 Å². The molecule has 2 aromatic rings. The van der Waals surface area contributed by atoms with Gasteiger partial charge in [0.2, 0.25) is 0 Å². The van der Waals surface area contributed by atoms with Crippen LogP contribution in [0.25, 0.3) is 0 Å². The zero-order chi connectivity index (χ0) is 14.8. The number of aromatic nitrogens is 2. The summed E-state index contributed by atoms with van der Waals surface area (Å²) in [6.07, 6.45) is 4.71. The van der Waals surface area contributed by atoms with Crippen molar-refractivity contribution in [3.8, 4) is 0 Å². The van der Waals surface area contributed by atoms with Gasteiger partial charge in [-0.05, 0) is 43.0 Å². The number of aryl methyl sites for hydroxylation is 3. The number of benzene rings is 1. The molecule has 1 aromatic carbocycles. The maximum absolute atomic E-state index is 12.4. The van der Waals surface area contributed by atoms with E-state index in [2.05, 4.69) is 21.8 Å². The number of carbonyl (C=O) groups excluding carboxylic acids is 1. The molecule has 0 bridgehead atoms. The molecule has 3 rings (SSSR count). The van der Waals surface area contributed by atoms with Crippen LogP contribution in [-0.2, 0) is 19.9 Å². The maximum Gasteiger partial charge on any atom is 0.259 e. The number of fused-ring (bicyclic) bond motifs is 1. The van der Waals surface area contributed by atoms with Crippen LogP contribution in [0.5, 0.6) is 0 Å². The normalized spacial score (nSPS) is 13.4. The lowest BCUT2D eigenvalue weighted by Crippen LogP contribution is -2.15. The van der Waals surface area contributed by atoms with E-state index in [0.29, 0.717) is 5.56 Å². The van der Waals surface area contributed by atoms with Crippen LogP contribution in [0.2, 0.25) is 0 Å². The van der Waals surface area contributed by atoms with Gasteiger partial charge in [-0.25, -0.2) is 0 Å². The Morgan fingerprint density at radius 3 is 3.14 bits per heavy atom. The quantitative estimate of drug-likeness (QED) is 0.911. The highest BCUT2D eigenvalue weighted by molar-refractivity contribution is 6.05. The van der Waals surface area contributed by atoms with Crippen LogP contribution >= 0.6 is 0 Å². The summed E-state index contributed by atoms with van der Waals surface area (Å²) in [5.74, 6) is -0.0938. The number of hydrogen-bond acceptors (Lipinski definition) is 3. The molecule has 110 valence electrons. The number of hydrogen-bond donors (Lipinski definition) is 2. The van der Waals surface area contributed by atoms with Crippen LogP contribution in [0.3, 0.4) is 0 Å². The van der Waals surface area contributed by atoms with Crippen molar-refractivity contribution in [3.63, 3.8) is 0 Å². The molecule has 0 saturated carbocycles. The zero-order valence-corrected chi connectivity index (χ0v) is 12.4. The first-order valence-corrected chi connectivity index (χ1v) is 7.38. The highest BCUT2D eigenvalue weighted by Gasteiger charge is 2.15. The third-order valence-corrected chi connectivity index (χ3v) is 3.79. The monoisotopic (exact) mass is 284 g/mol. The molecule has 5 nitrogen and oxygen atoms in total. The summed E-state index contributed by atoms with van der Waals surface area (Å²) in [5, 5.41) is 10.7. The number of amides is 1. The van der Waals surface area contributed by atoms with Gasteiger partial charge in [0.05, 0.1) is 11.3 Å². The number of rotatable bonds is 3. The summed E-state index contributed by atoms with van der Waals surface area (Å²) in [4.78, 5) is 12.4. The number of nitrogens with zero attached hydrogens (tertiary/aromatic N) is 2. The average molecular weight is 284 g/mol. The maximum atomic E-state index is 12.4. The molecule has 1 aromatic heterocycles. The molecule has 0 spiro atoms. The Morgan fingerprint density at radius 1 is 1.48 bits per heavy atom. The van der Waals surface area contributed by atoms with Gasteiger partial charge in [0.25, 0.3) is 5.91 Å². The molecule has 0 fully saturated rings. The molecule has 2 heterocycles. The first kappa shape index (κ1) is 13.7. The molecule has 5 heteroatoms. The lowest BCUT2D eigenvalue weighted by atomic mass is 10.0. The second-order valence-electron chi connectivity index (χ2n) is 5.37. The summed E-state index contributed by atoms with van der Waals surface area (Å²) >= 11 is 0. The lowest BCUT2D eigenvalue weighted by Gasteiger charge is -2.18.